The highest BCUT2D eigenvalue weighted by Crippen LogP contribution is 2.40. The Morgan fingerprint density at radius 2 is 1.88 bits per heavy atom. The average molecular weight is 557 g/mol. The van der Waals surface area contributed by atoms with E-state index in [4.69, 9.17) is 14.2 Å². The molecule has 0 saturated heterocycles. The molecule has 0 bridgehead atoms. The molecule has 10 heteroatoms. The number of carboxylic acid groups (broad SMARTS) is 1. The van der Waals surface area contributed by atoms with Crippen LogP contribution in [0.2, 0.25) is 0 Å². The third kappa shape index (κ3) is 6.16. The van der Waals surface area contributed by atoms with Crippen LogP contribution in [0.5, 0.6) is 11.5 Å². The molecule has 0 saturated carbocycles. The standard InChI is InChI=1S/C31H32N4O6/c1-31(2,3)41-30(38)34-15-14-21-16-27(40-19-20-8-6-5-7-9-20)26(39-4)17-23(21)25(34)12-10-22-18-32-28-13-11-24(29(36)37)33-35(22)28/h5-13,16-18,25H,14-15,19H2,1-4H3,(H,36,37)/b12-10+. The number of carbonyl (C=O) groups excluding carboxylic acids is 1. The monoisotopic (exact) mass is 556 g/mol. The molecular formula is C31H32N4O6. The first-order chi connectivity index (χ1) is 19.6. The van der Waals surface area contributed by atoms with Gasteiger partial charge >= 0.3 is 12.1 Å². The van der Waals surface area contributed by atoms with Gasteiger partial charge in [-0.1, -0.05) is 36.4 Å². The van der Waals surface area contributed by atoms with Crippen LogP contribution in [-0.2, 0) is 17.8 Å². The number of fused-ring (bicyclic) bond motifs is 2. The van der Waals surface area contributed by atoms with Gasteiger partial charge in [0.2, 0.25) is 0 Å². The Morgan fingerprint density at radius 3 is 2.59 bits per heavy atom. The minimum absolute atomic E-state index is 0.101. The van der Waals surface area contributed by atoms with Gasteiger partial charge in [0.1, 0.15) is 12.2 Å². The van der Waals surface area contributed by atoms with Crippen LogP contribution < -0.4 is 9.47 Å². The molecule has 2 aromatic heterocycles. The number of aromatic nitrogens is 3. The Hall–Kier alpha value is -4.86. The van der Waals surface area contributed by atoms with Crippen molar-refractivity contribution < 1.29 is 28.9 Å². The van der Waals surface area contributed by atoms with Gasteiger partial charge in [0.25, 0.3) is 0 Å². The first-order valence-electron chi connectivity index (χ1n) is 13.3. The van der Waals surface area contributed by atoms with E-state index in [9.17, 15) is 14.7 Å². The zero-order valence-corrected chi connectivity index (χ0v) is 23.4. The van der Waals surface area contributed by atoms with Crippen molar-refractivity contribution in [3.8, 4) is 11.5 Å². The van der Waals surface area contributed by atoms with E-state index >= 15 is 0 Å². The van der Waals surface area contributed by atoms with E-state index in [2.05, 4.69) is 10.1 Å². The van der Waals surface area contributed by atoms with Crippen LogP contribution in [-0.4, -0.2) is 55.9 Å². The van der Waals surface area contributed by atoms with Gasteiger partial charge in [0.05, 0.1) is 25.0 Å². The lowest BCUT2D eigenvalue weighted by Crippen LogP contribution is -2.42. The fraction of sp³-hybridized carbons (Fsp3) is 0.290. The lowest BCUT2D eigenvalue weighted by atomic mass is 9.91. The van der Waals surface area contributed by atoms with E-state index in [0.717, 1.165) is 16.7 Å². The van der Waals surface area contributed by atoms with E-state index in [0.29, 0.717) is 42.4 Å². The summed E-state index contributed by atoms with van der Waals surface area (Å²) < 4.78 is 19.0. The van der Waals surface area contributed by atoms with Gasteiger partial charge in [-0.25, -0.2) is 19.1 Å². The predicted octanol–water partition coefficient (Wildman–Crippen LogP) is 5.56. The fourth-order valence-corrected chi connectivity index (χ4v) is 4.71. The van der Waals surface area contributed by atoms with Crippen molar-refractivity contribution in [3.05, 3.63) is 94.9 Å². The minimum Gasteiger partial charge on any atom is -0.493 e. The van der Waals surface area contributed by atoms with Crippen LogP contribution in [0.15, 0.2) is 66.9 Å². The lowest BCUT2D eigenvalue weighted by Gasteiger charge is -2.37. The number of ether oxygens (including phenoxy) is 3. The van der Waals surface area contributed by atoms with E-state index in [1.54, 1.807) is 30.3 Å². The lowest BCUT2D eigenvalue weighted by molar-refractivity contribution is 0.0184. The Balaban J connectivity index is 1.52. The SMILES string of the molecule is COc1cc2c(cc1OCc1ccccc1)CCN(C(=O)OC(C)(C)C)C2/C=C/c1cnc2ccc(C(=O)O)nn12. The molecule has 4 aromatic rings. The maximum Gasteiger partial charge on any atom is 0.411 e. The summed E-state index contributed by atoms with van der Waals surface area (Å²) in [5.74, 6) is 0.0349. The van der Waals surface area contributed by atoms with Crippen LogP contribution in [0.3, 0.4) is 0 Å². The molecule has 2 aromatic carbocycles. The zero-order chi connectivity index (χ0) is 29.1. The number of amides is 1. The molecule has 1 aliphatic heterocycles. The van der Waals surface area contributed by atoms with Crippen LogP contribution in [0, 0.1) is 0 Å². The van der Waals surface area contributed by atoms with Gasteiger partial charge < -0.3 is 19.3 Å². The van der Waals surface area contributed by atoms with Crippen LogP contribution in [0.1, 0.15) is 59.7 Å². The molecule has 1 atom stereocenters. The molecule has 0 fully saturated rings. The average Bonchev–Trinajstić information content (AvgIpc) is 3.35. The Kier molecular flexibility index (Phi) is 7.65. The van der Waals surface area contributed by atoms with Crippen LogP contribution in [0.4, 0.5) is 4.79 Å². The number of carbonyl (C=O) groups is 2. The highest BCUT2D eigenvalue weighted by molar-refractivity contribution is 5.85. The molecule has 212 valence electrons. The van der Waals surface area contributed by atoms with E-state index in [1.165, 1.54) is 10.6 Å². The van der Waals surface area contributed by atoms with Gasteiger partial charge in [0, 0.05) is 6.54 Å². The summed E-state index contributed by atoms with van der Waals surface area (Å²) in [6.45, 7) is 6.31. The van der Waals surface area contributed by atoms with Crippen LogP contribution in [0.25, 0.3) is 11.7 Å². The normalized spacial score (nSPS) is 15.1. The van der Waals surface area contributed by atoms with Crippen molar-refractivity contribution >= 4 is 23.8 Å². The zero-order valence-electron chi connectivity index (χ0n) is 23.4. The van der Waals surface area contributed by atoms with Crippen LogP contribution >= 0.6 is 0 Å². The molecule has 1 aliphatic rings. The Morgan fingerprint density at radius 1 is 1.10 bits per heavy atom. The summed E-state index contributed by atoms with van der Waals surface area (Å²) in [5, 5.41) is 13.6. The maximum absolute atomic E-state index is 13.3. The number of hydrogen-bond acceptors (Lipinski definition) is 7. The van der Waals surface area contributed by atoms with Crippen molar-refractivity contribution in [1.29, 1.82) is 0 Å². The number of rotatable bonds is 7. The largest absolute Gasteiger partial charge is 0.493 e. The third-order valence-corrected chi connectivity index (χ3v) is 6.62. The number of hydrogen-bond donors (Lipinski definition) is 1. The van der Waals surface area contributed by atoms with Crippen molar-refractivity contribution in [2.45, 2.75) is 45.4 Å². The second kappa shape index (κ2) is 11.3. The quantitative estimate of drug-likeness (QED) is 0.315. The molecule has 1 N–H and O–H groups in total. The van der Waals surface area contributed by atoms with Gasteiger partial charge in [-0.2, -0.15) is 5.10 Å². The number of aromatic carboxylic acids is 1. The summed E-state index contributed by atoms with van der Waals surface area (Å²) >= 11 is 0. The van der Waals surface area contributed by atoms with E-state index < -0.39 is 23.7 Å². The van der Waals surface area contributed by atoms with E-state index in [1.807, 2.05) is 69.3 Å². The number of imidazole rings is 1. The second-order valence-electron chi connectivity index (χ2n) is 10.7. The summed E-state index contributed by atoms with van der Waals surface area (Å²) in [7, 11) is 1.58. The first kappa shape index (κ1) is 27.7. The number of carboxylic acids is 1. The number of methoxy groups -OCH3 is 1. The highest BCUT2D eigenvalue weighted by Gasteiger charge is 2.33. The van der Waals surface area contributed by atoms with Gasteiger partial charge in [-0.05, 0) is 74.2 Å². The van der Waals surface area contributed by atoms with Crippen molar-refractivity contribution in [3.63, 3.8) is 0 Å². The molecule has 1 amide bonds. The summed E-state index contributed by atoms with van der Waals surface area (Å²) in [6, 6.07) is 16.3. The molecular weight excluding hydrogens is 524 g/mol. The van der Waals surface area contributed by atoms with Gasteiger partial charge in [-0.15, -0.1) is 0 Å². The van der Waals surface area contributed by atoms with Gasteiger partial charge in [-0.3, -0.25) is 4.90 Å². The van der Waals surface area contributed by atoms with Gasteiger partial charge in [0.15, 0.2) is 22.8 Å². The topological polar surface area (TPSA) is 115 Å². The Labute approximate surface area is 237 Å². The smallest absolute Gasteiger partial charge is 0.411 e. The number of benzene rings is 2. The molecule has 5 rings (SSSR count). The molecule has 0 aliphatic carbocycles. The van der Waals surface area contributed by atoms with Crippen molar-refractivity contribution in [1.82, 2.24) is 19.5 Å². The molecule has 3 heterocycles. The second-order valence-corrected chi connectivity index (χ2v) is 10.7. The highest BCUT2D eigenvalue weighted by atomic mass is 16.6. The molecule has 0 spiro atoms. The third-order valence-electron chi connectivity index (χ3n) is 6.62. The number of nitrogens with zero attached hydrogens (tertiary/aromatic N) is 4. The fourth-order valence-electron chi connectivity index (χ4n) is 4.71. The summed E-state index contributed by atoms with van der Waals surface area (Å²) in [4.78, 5) is 30.8. The minimum atomic E-state index is -1.13. The van der Waals surface area contributed by atoms with Crippen molar-refractivity contribution in [2.24, 2.45) is 0 Å². The first-order valence-corrected chi connectivity index (χ1v) is 13.3. The predicted molar refractivity (Wildman–Crippen MR) is 152 cm³/mol. The van der Waals surface area contributed by atoms with Crippen molar-refractivity contribution in [2.75, 3.05) is 13.7 Å². The van der Waals surface area contributed by atoms with E-state index in [-0.39, 0.29) is 5.69 Å². The summed E-state index contributed by atoms with van der Waals surface area (Å²) in [5.41, 5.74) is 3.23. The molecule has 10 nitrogen and oxygen atoms in total. The maximum atomic E-state index is 13.3. The summed E-state index contributed by atoms with van der Waals surface area (Å²) in [6.07, 6.45) is 5.41. The molecule has 0 radical (unpaired) electrons. The molecule has 41 heavy (non-hydrogen) atoms. The Bertz CT molecular complexity index is 1610. The molecule has 1 unspecified atom stereocenters.